The number of guanidine groups is 1. The van der Waals surface area contributed by atoms with Crippen LogP contribution in [0.15, 0.2) is 4.99 Å². The van der Waals surface area contributed by atoms with Crippen LogP contribution in [-0.2, 0) is 9.53 Å². The zero-order chi connectivity index (χ0) is 17.5. The predicted molar refractivity (Wildman–Crippen MR) is 109 cm³/mol. The molecule has 1 aliphatic heterocycles. The molecule has 142 valence electrons. The summed E-state index contributed by atoms with van der Waals surface area (Å²) in [7, 11) is 5.91. The number of carbonyl (C=O) groups is 1. The Morgan fingerprint density at radius 1 is 1.21 bits per heavy atom. The van der Waals surface area contributed by atoms with Crippen molar-refractivity contribution in [1.82, 2.24) is 20.9 Å². The molecule has 0 atom stereocenters. The summed E-state index contributed by atoms with van der Waals surface area (Å²) in [5, 5.41) is 9.33. The maximum atomic E-state index is 11.9. The van der Waals surface area contributed by atoms with E-state index in [1.165, 1.54) is 0 Å². The van der Waals surface area contributed by atoms with Gasteiger partial charge in [0.2, 0.25) is 5.91 Å². The Kier molecular flexibility index (Phi) is 10.1. The minimum absolute atomic E-state index is 0. The van der Waals surface area contributed by atoms with Crippen LogP contribution in [0.1, 0.15) is 33.6 Å². The monoisotopic (exact) mass is 455 g/mol. The van der Waals surface area contributed by atoms with Crippen molar-refractivity contribution in [2.24, 2.45) is 4.99 Å². The van der Waals surface area contributed by atoms with E-state index in [4.69, 9.17) is 4.74 Å². The van der Waals surface area contributed by atoms with Gasteiger partial charge in [-0.15, -0.1) is 24.0 Å². The summed E-state index contributed by atoms with van der Waals surface area (Å²) in [6, 6.07) is 0. The second-order valence-electron chi connectivity index (χ2n) is 7.31. The maximum Gasteiger partial charge on any atom is 0.239 e. The van der Waals surface area contributed by atoms with E-state index < -0.39 is 0 Å². The molecule has 0 bridgehead atoms. The molecule has 1 heterocycles. The van der Waals surface area contributed by atoms with Gasteiger partial charge in [-0.1, -0.05) is 0 Å². The van der Waals surface area contributed by atoms with Gasteiger partial charge in [0, 0.05) is 37.9 Å². The third-order valence-electron chi connectivity index (χ3n) is 4.11. The molecule has 1 fully saturated rings. The molecule has 3 N–H and O–H groups in total. The molecule has 0 saturated carbocycles. The van der Waals surface area contributed by atoms with E-state index in [1.54, 1.807) is 7.05 Å². The fourth-order valence-corrected chi connectivity index (χ4v) is 2.63. The number of amides is 1. The van der Waals surface area contributed by atoms with Crippen LogP contribution in [0.4, 0.5) is 0 Å². The summed E-state index contributed by atoms with van der Waals surface area (Å²) in [5.41, 5.74) is -0.170. The Balaban J connectivity index is 0.00000529. The molecular formula is C16H34IN5O2. The van der Waals surface area contributed by atoms with Crippen molar-refractivity contribution in [1.29, 1.82) is 0 Å². The van der Waals surface area contributed by atoms with Gasteiger partial charge < -0.3 is 25.6 Å². The summed E-state index contributed by atoms with van der Waals surface area (Å²) in [6.07, 6.45) is 1.96. The fourth-order valence-electron chi connectivity index (χ4n) is 2.63. The molecule has 8 heteroatoms. The molecule has 1 aliphatic rings. The van der Waals surface area contributed by atoms with Crippen LogP contribution in [0.3, 0.4) is 0 Å². The minimum atomic E-state index is -0.229. The zero-order valence-corrected chi connectivity index (χ0v) is 18.2. The number of rotatable bonds is 5. The Bertz CT molecular complexity index is 415. The number of halogens is 1. The molecular weight excluding hydrogens is 421 g/mol. The number of hydrogen-bond acceptors (Lipinski definition) is 4. The number of nitrogens with one attached hydrogen (secondary N) is 3. The lowest BCUT2D eigenvalue weighted by molar-refractivity contribution is -0.121. The number of nitrogens with zero attached hydrogens (tertiary/aromatic N) is 2. The Morgan fingerprint density at radius 3 is 2.25 bits per heavy atom. The molecule has 0 aromatic heterocycles. The Hall–Kier alpha value is -0.610. The van der Waals surface area contributed by atoms with Crippen molar-refractivity contribution < 1.29 is 9.53 Å². The summed E-state index contributed by atoms with van der Waals surface area (Å²) < 4.78 is 5.48. The average Bonchev–Trinajstić information content (AvgIpc) is 2.46. The quantitative estimate of drug-likeness (QED) is 0.325. The summed E-state index contributed by atoms with van der Waals surface area (Å²) in [6.45, 7) is 8.41. The molecule has 24 heavy (non-hydrogen) atoms. The highest BCUT2D eigenvalue weighted by atomic mass is 127. The Morgan fingerprint density at radius 2 is 1.79 bits per heavy atom. The molecule has 0 aliphatic carbocycles. The molecule has 0 spiro atoms. The summed E-state index contributed by atoms with van der Waals surface area (Å²) in [5.74, 6) is 0.593. The number of carbonyl (C=O) groups excluding carboxylic acids is 1. The highest BCUT2D eigenvalue weighted by Crippen LogP contribution is 2.24. The van der Waals surface area contributed by atoms with Gasteiger partial charge in [-0.25, -0.2) is 0 Å². The van der Waals surface area contributed by atoms with Crippen LogP contribution >= 0.6 is 24.0 Å². The SMILES string of the molecule is CN=C(NCC(=O)NC(C)(C)C)NCC1(N(C)C)CCOCC1.I. The van der Waals surface area contributed by atoms with Crippen molar-refractivity contribution in [3.63, 3.8) is 0 Å². The third kappa shape index (κ3) is 7.98. The number of aliphatic imine (C=N–C) groups is 1. The second-order valence-corrected chi connectivity index (χ2v) is 7.31. The van der Waals surface area contributed by atoms with Crippen molar-refractivity contribution in [2.45, 2.75) is 44.7 Å². The van der Waals surface area contributed by atoms with Gasteiger partial charge in [0.25, 0.3) is 0 Å². The lowest BCUT2D eigenvalue weighted by atomic mass is 9.88. The number of hydrogen-bond donors (Lipinski definition) is 3. The van der Waals surface area contributed by atoms with Crippen molar-refractivity contribution >= 4 is 35.8 Å². The average molecular weight is 455 g/mol. The van der Waals surface area contributed by atoms with E-state index in [1.807, 2.05) is 20.8 Å². The molecule has 7 nitrogen and oxygen atoms in total. The molecule has 1 saturated heterocycles. The first kappa shape index (κ1) is 23.4. The van der Waals surface area contributed by atoms with Gasteiger partial charge in [-0.3, -0.25) is 9.79 Å². The van der Waals surface area contributed by atoms with Crippen LogP contribution in [0, 0.1) is 0 Å². The predicted octanol–water partition coefficient (Wildman–Crippen LogP) is 0.795. The molecule has 0 unspecified atom stereocenters. The number of ether oxygens (including phenoxy) is 1. The Labute approximate surface area is 163 Å². The van der Waals surface area contributed by atoms with E-state index in [0.29, 0.717) is 5.96 Å². The van der Waals surface area contributed by atoms with Crippen LogP contribution in [0.25, 0.3) is 0 Å². The van der Waals surface area contributed by atoms with Crippen LogP contribution in [0.2, 0.25) is 0 Å². The first-order valence-corrected chi connectivity index (χ1v) is 8.19. The van der Waals surface area contributed by atoms with Crippen molar-refractivity contribution in [3.8, 4) is 0 Å². The first-order chi connectivity index (χ1) is 10.7. The van der Waals surface area contributed by atoms with E-state index in [-0.39, 0.29) is 47.5 Å². The molecule has 0 radical (unpaired) electrons. The van der Waals surface area contributed by atoms with Gasteiger partial charge in [0.1, 0.15) is 0 Å². The van der Waals surface area contributed by atoms with Gasteiger partial charge in [-0.05, 0) is 47.7 Å². The summed E-state index contributed by atoms with van der Waals surface area (Å²) >= 11 is 0. The van der Waals surface area contributed by atoms with Crippen molar-refractivity contribution in [2.75, 3.05) is 47.4 Å². The van der Waals surface area contributed by atoms with Crippen molar-refractivity contribution in [3.05, 3.63) is 0 Å². The second kappa shape index (κ2) is 10.4. The van der Waals surface area contributed by atoms with E-state index in [9.17, 15) is 4.79 Å². The lowest BCUT2D eigenvalue weighted by Gasteiger charge is -2.43. The minimum Gasteiger partial charge on any atom is -0.381 e. The van der Waals surface area contributed by atoms with E-state index >= 15 is 0 Å². The first-order valence-electron chi connectivity index (χ1n) is 8.19. The standard InChI is InChI=1S/C16H33N5O2.HI/c1-15(2,3)20-13(22)11-18-14(17-4)19-12-16(21(5)6)7-9-23-10-8-16;/h7-12H2,1-6H3,(H,20,22)(H2,17,18,19);1H. The largest absolute Gasteiger partial charge is 0.381 e. The zero-order valence-electron chi connectivity index (χ0n) is 15.9. The van der Waals surface area contributed by atoms with Gasteiger partial charge in [0.15, 0.2) is 5.96 Å². The van der Waals surface area contributed by atoms with Gasteiger partial charge >= 0.3 is 0 Å². The van der Waals surface area contributed by atoms with Gasteiger partial charge in [0.05, 0.1) is 6.54 Å². The van der Waals surface area contributed by atoms with Gasteiger partial charge in [-0.2, -0.15) is 0 Å². The molecule has 0 aromatic rings. The highest BCUT2D eigenvalue weighted by molar-refractivity contribution is 14.0. The highest BCUT2D eigenvalue weighted by Gasteiger charge is 2.34. The van der Waals surface area contributed by atoms with Crippen LogP contribution < -0.4 is 16.0 Å². The van der Waals surface area contributed by atoms with Crippen LogP contribution in [0.5, 0.6) is 0 Å². The number of likely N-dealkylation sites (N-methyl/N-ethyl adjacent to an activating group) is 1. The van der Waals surface area contributed by atoms with E-state index in [0.717, 1.165) is 32.6 Å². The molecule has 1 amide bonds. The smallest absolute Gasteiger partial charge is 0.239 e. The summed E-state index contributed by atoms with van der Waals surface area (Å²) in [4.78, 5) is 18.3. The fraction of sp³-hybridized carbons (Fsp3) is 0.875. The topological polar surface area (TPSA) is 78.0 Å². The normalized spacial score (nSPS) is 17.9. The van der Waals surface area contributed by atoms with Crippen LogP contribution in [-0.4, -0.2) is 75.3 Å². The lowest BCUT2D eigenvalue weighted by Crippen LogP contribution is -2.57. The van der Waals surface area contributed by atoms with E-state index in [2.05, 4.69) is 39.9 Å². The molecule has 1 rings (SSSR count). The maximum absolute atomic E-state index is 11.9. The molecule has 0 aromatic carbocycles. The third-order valence-corrected chi connectivity index (χ3v) is 4.11.